The summed E-state index contributed by atoms with van der Waals surface area (Å²) in [5.74, 6) is 4.46. The van der Waals surface area contributed by atoms with Gasteiger partial charge in [-0.15, -0.1) is 0 Å². The molecule has 2 N–H and O–H groups in total. The van der Waals surface area contributed by atoms with E-state index in [1.54, 1.807) is 0 Å². The minimum atomic E-state index is 0.474. The summed E-state index contributed by atoms with van der Waals surface area (Å²) >= 11 is 0. The second-order valence-corrected chi connectivity index (χ2v) is 7.22. The first-order chi connectivity index (χ1) is 9.74. The highest BCUT2D eigenvalue weighted by Gasteiger charge is 2.53. The quantitative estimate of drug-likeness (QED) is 0.880. The van der Waals surface area contributed by atoms with Gasteiger partial charge in [0, 0.05) is 18.2 Å². The van der Waals surface area contributed by atoms with E-state index >= 15 is 0 Å². The Bertz CT molecular complexity index is 512. The third-order valence-electron chi connectivity index (χ3n) is 6.30. The smallest absolute Gasteiger partial charge is 0.122 e. The molecular formula is C18H25NO. The number of benzene rings is 1. The molecule has 1 aromatic carbocycles. The zero-order chi connectivity index (χ0) is 13.7. The standard InChI is InChI=1S/C18H25NO/c1-11-4-2-5-12(18(11)20)10-19-17-9-13-8-16(17)15-7-3-6-14(13)15/h2,4-5,13-17,19-20H,3,6-10H2,1H3. The molecule has 20 heavy (non-hydrogen) atoms. The Morgan fingerprint density at radius 3 is 2.90 bits per heavy atom. The van der Waals surface area contributed by atoms with Crippen LogP contribution < -0.4 is 5.32 Å². The molecule has 0 aliphatic heterocycles. The van der Waals surface area contributed by atoms with Crippen molar-refractivity contribution in [2.45, 2.75) is 51.6 Å². The average molecular weight is 271 g/mol. The Hall–Kier alpha value is -1.02. The predicted molar refractivity (Wildman–Crippen MR) is 80.5 cm³/mol. The third kappa shape index (κ3) is 1.88. The first kappa shape index (κ1) is 12.7. The Morgan fingerprint density at radius 2 is 2.00 bits per heavy atom. The van der Waals surface area contributed by atoms with Crippen LogP contribution >= 0.6 is 0 Å². The Balaban J connectivity index is 1.43. The van der Waals surface area contributed by atoms with Gasteiger partial charge >= 0.3 is 0 Å². The van der Waals surface area contributed by atoms with Gasteiger partial charge in [0.05, 0.1) is 0 Å². The monoisotopic (exact) mass is 271 g/mol. The topological polar surface area (TPSA) is 32.3 Å². The molecule has 3 aliphatic rings. The van der Waals surface area contributed by atoms with E-state index in [9.17, 15) is 5.11 Å². The fourth-order valence-corrected chi connectivity index (χ4v) is 5.41. The number of para-hydroxylation sites is 1. The van der Waals surface area contributed by atoms with Crippen molar-refractivity contribution in [3.8, 4) is 5.75 Å². The molecule has 2 bridgehead atoms. The van der Waals surface area contributed by atoms with Crippen molar-refractivity contribution in [1.82, 2.24) is 5.32 Å². The number of aryl methyl sites for hydroxylation is 1. The molecule has 1 aromatic rings. The van der Waals surface area contributed by atoms with E-state index in [-0.39, 0.29) is 0 Å². The molecule has 0 heterocycles. The van der Waals surface area contributed by atoms with Gasteiger partial charge < -0.3 is 10.4 Å². The van der Waals surface area contributed by atoms with Crippen LogP contribution in [0.5, 0.6) is 5.75 Å². The van der Waals surface area contributed by atoms with Crippen LogP contribution in [0.25, 0.3) is 0 Å². The summed E-state index contributed by atoms with van der Waals surface area (Å²) in [5.41, 5.74) is 2.03. The summed E-state index contributed by atoms with van der Waals surface area (Å²) in [6, 6.07) is 6.75. The molecule has 0 amide bonds. The van der Waals surface area contributed by atoms with Gasteiger partial charge in [-0.3, -0.25) is 0 Å². The number of hydrogen-bond acceptors (Lipinski definition) is 2. The van der Waals surface area contributed by atoms with E-state index in [1.807, 2.05) is 25.1 Å². The van der Waals surface area contributed by atoms with Crippen LogP contribution in [0.3, 0.4) is 0 Å². The molecule has 108 valence electrons. The van der Waals surface area contributed by atoms with Gasteiger partial charge in [0.1, 0.15) is 5.75 Å². The molecule has 0 saturated heterocycles. The lowest BCUT2D eigenvalue weighted by molar-refractivity contribution is 0.207. The number of phenols is 1. The summed E-state index contributed by atoms with van der Waals surface area (Å²) in [7, 11) is 0. The minimum absolute atomic E-state index is 0.474. The van der Waals surface area contributed by atoms with Gasteiger partial charge in [-0.1, -0.05) is 24.6 Å². The Kier molecular flexibility index (Phi) is 3.03. The normalized spacial score (nSPS) is 38.4. The lowest BCUT2D eigenvalue weighted by Crippen LogP contribution is -2.38. The largest absolute Gasteiger partial charge is 0.507 e. The zero-order valence-electron chi connectivity index (χ0n) is 12.3. The molecule has 2 heteroatoms. The van der Waals surface area contributed by atoms with Crippen molar-refractivity contribution >= 4 is 0 Å². The minimum Gasteiger partial charge on any atom is -0.507 e. The Labute approximate surface area is 121 Å². The van der Waals surface area contributed by atoms with Gasteiger partial charge in [-0.05, 0) is 61.8 Å². The highest BCUT2D eigenvalue weighted by atomic mass is 16.3. The van der Waals surface area contributed by atoms with Gasteiger partial charge in [0.25, 0.3) is 0 Å². The van der Waals surface area contributed by atoms with Gasteiger partial charge in [-0.25, -0.2) is 0 Å². The molecular weight excluding hydrogens is 246 g/mol. The van der Waals surface area contributed by atoms with Crippen molar-refractivity contribution in [3.05, 3.63) is 29.3 Å². The predicted octanol–water partition coefficient (Wildman–Crippen LogP) is 3.61. The number of aromatic hydroxyl groups is 1. The van der Waals surface area contributed by atoms with Crippen molar-refractivity contribution in [2.24, 2.45) is 23.7 Å². The molecule has 5 unspecified atom stereocenters. The van der Waals surface area contributed by atoms with Gasteiger partial charge in [0.2, 0.25) is 0 Å². The van der Waals surface area contributed by atoms with Crippen LogP contribution in [0, 0.1) is 30.6 Å². The maximum atomic E-state index is 10.1. The Morgan fingerprint density at radius 1 is 1.15 bits per heavy atom. The van der Waals surface area contributed by atoms with Crippen LogP contribution in [0.1, 0.15) is 43.2 Å². The van der Waals surface area contributed by atoms with E-state index in [0.29, 0.717) is 11.8 Å². The van der Waals surface area contributed by atoms with Crippen molar-refractivity contribution in [3.63, 3.8) is 0 Å². The van der Waals surface area contributed by atoms with Crippen LogP contribution in [0.15, 0.2) is 18.2 Å². The number of phenolic OH excluding ortho intramolecular Hbond substituents is 1. The van der Waals surface area contributed by atoms with E-state index in [2.05, 4.69) is 5.32 Å². The number of rotatable bonds is 3. The fraction of sp³-hybridized carbons (Fsp3) is 0.667. The van der Waals surface area contributed by atoms with E-state index in [4.69, 9.17) is 0 Å². The van der Waals surface area contributed by atoms with Gasteiger partial charge in [-0.2, -0.15) is 0 Å². The lowest BCUT2D eigenvalue weighted by Gasteiger charge is -2.32. The van der Waals surface area contributed by atoms with Crippen molar-refractivity contribution in [1.29, 1.82) is 0 Å². The summed E-state index contributed by atoms with van der Waals surface area (Å²) in [4.78, 5) is 0. The molecule has 3 aliphatic carbocycles. The van der Waals surface area contributed by atoms with Crippen LogP contribution in [0.2, 0.25) is 0 Å². The van der Waals surface area contributed by atoms with Crippen molar-refractivity contribution < 1.29 is 5.11 Å². The molecule has 3 saturated carbocycles. The highest BCUT2D eigenvalue weighted by molar-refractivity contribution is 5.39. The molecule has 3 fully saturated rings. The second-order valence-electron chi connectivity index (χ2n) is 7.22. The summed E-state index contributed by atoms with van der Waals surface area (Å²) in [6.45, 7) is 2.79. The number of fused-ring (bicyclic) bond motifs is 5. The second kappa shape index (κ2) is 4.77. The number of nitrogens with one attached hydrogen (secondary N) is 1. The van der Waals surface area contributed by atoms with Crippen LogP contribution in [-0.2, 0) is 6.54 Å². The third-order valence-corrected chi connectivity index (χ3v) is 6.30. The molecule has 0 aromatic heterocycles. The van der Waals surface area contributed by atoms with E-state index in [0.717, 1.165) is 41.3 Å². The van der Waals surface area contributed by atoms with Crippen LogP contribution in [0.4, 0.5) is 0 Å². The van der Waals surface area contributed by atoms with E-state index in [1.165, 1.54) is 32.1 Å². The molecule has 2 nitrogen and oxygen atoms in total. The molecule has 0 radical (unpaired) electrons. The van der Waals surface area contributed by atoms with Crippen molar-refractivity contribution in [2.75, 3.05) is 0 Å². The summed E-state index contributed by atoms with van der Waals surface area (Å²) in [5, 5.41) is 13.9. The first-order valence-electron chi connectivity index (χ1n) is 8.25. The SMILES string of the molecule is Cc1cccc(CNC2CC3CC2C2CCCC32)c1O. The molecule has 5 atom stereocenters. The maximum Gasteiger partial charge on any atom is 0.122 e. The van der Waals surface area contributed by atoms with Crippen LogP contribution in [-0.4, -0.2) is 11.1 Å². The zero-order valence-corrected chi connectivity index (χ0v) is 12.3. The first-order valence-corrected chi connectivity index (χ1v) is 8.25. The molecule has 0 spiro atoms. The maximum absolute atomic E-state index is 10.1. The average Bonchev–Trinajstić information content (AvgIpc) is 3.11. The van der Waals surface area contributed by atoms with E-state index < -0.39 is 0 Å². The lowest BCUT2D eigenvalue weighted by atomic mass is 9.79. The van der Waals surface area contributed by atoms with Gasteiger partial charge in [0.15, 0.2) is 0 Å². The molecule has 4 rings (SSSR count). The number of hydrogen-bond donors (Lipinski definition) is 2. The highest BCUT2D eigenvalue weighted by Crippen LogP contribution is 2.58. The summed E-state index contributed by atoms with van der Waals surface area (Å²) < 4.78 is 0. The fourth-order valence-electron chi connectivity index (χ4n) is 5.41. The summed E-state index contributed by atoms with van der Waals surface area (Å²) in [6.07, 6.45) is 7.27.